The van der Waals surface area contributed by atoms with Crippen LogP contribution in [0.3, 0.4) is 0 Å². The van der Waals surface area contributed by atoms with E-state index in [2.05, 4.69) is 19.9 Å². The van der Waals surface area contributed by atoms with Gasteiger partial charge in [-0.15, -0.1) is 0 Å². The molecule has 0 atom stereocenters. The fraction of sp³-hybridized carbons (Fsp3) is 0.800. The highest BCUT2D eigenvalue weighted by molar-refractivity contribution is 5.38. The number of hydrogen-bond acceptors (Lipinski definition) is 2. The molecule has 0 bridgehead atoms. The summed E-state index contributed by atoms with van der Waals surface area (Å²) in [5.41, 5.74) is 0. The topological polar surface area (TPSA) is 18.5 Å². The Morgan fingerprint density at radius 1 is 0.500 bits per heavy atom. The number of ether oxygens (including phenoxy) is 2. The molecule has 0 unspecified atom stereocenters. The predicted molar refractivity (Wildman–Crippen MR) is 140 cm³/mol. The average Bonchev–Trinajstić information content (AvgIpc) is 2.81. The van der Waals surface area contributed by atoms with E-state index in [1.54, 1.807) is 0 Å². The molecule has 0 N–H and O–H groups in total. The number of hydrogen-bond donors (Lipinski definition) is 0. The van der Waals surface area contributed by atoms with Crippen LogP contribution in [0.4, 0.5) is 0 Å². The Labute approximate surface area is 200 Å². The van der Waals surface area contributed by atoms with Crippen molar-refractivity contribution in [3.05, 3.63) is 24.3 Å². The van der Waals surface area contributed by atoms with Crippen LogP contribution in [-0.2, 0) is 0 Å². The fourth-order valence-corrected chi connectivity index (χ4v) is 4.18. The molecule has 0 spiro atoms. The van der Waals surface area contributed by atoms with E-state index in [1.807, 2.05) is 18.2 Å². The van der Waals surface area contributed by atoms with E-state index < -0.39 is 0 Å². The highest BCUT2D eigenvalue weighted by atomic mass is 16.5. The first-order valence-corrected chi connectivity index (χ1v) is 14.1. The predicted octanol–water partition coefficient (Wildman–Crippen LogP) is 10.1. The monoisotopic (exact) mass is 445 g/mol. The number of unbranched alkanes of at least 4 members (excludes halogenated alkanes) is 18. The van der Waals surface area contributed by atoms with E-state index in [0.717, 1.165) is 37.6 Å². The van der Waals surface area contributed by atoms with Gasteiger partial charge in [0.2, 0.25) is 0 Å². The second-order valence-corrected chi connectivity index (χ2v) is 9.43. The minimum Gasteiger partial charge on any atom is -0.490 e. The summed E-state index contributed by atoms with van der Waals surface area (Å²) in [7, 11) is 0. The van der Waals surface area contributed by atoms with Crippen molar-refractivity contribution in [2.45, 2.75) is 142 Å². The zero-order chi connectivity index (χ0) is 23.0. The molecular weight excluding hydrogens is 392 g/mol. The van der Waals surface area contributed by atoms with Crippen LogP contribution in [0, 0.1) is 6.07 Å². The standard InChI is InChI=1S/C30H53O2/c1-3-5-7-9-11-13-15-17-19-23-27-31-29-25-21-22-26-30(29)32-28-24-20-18-16-14-12-10-8-6-4-2/h21,25-26H,3-20,23-24,27-28H2,1-2H3. The van der Waals surface area contributed by atoms with Gasteiger partial charge in [0.15, 0.2) is 11.5 Å². The zero-order valence-corrected chi connectivity index (χ0v) is 21.6. The second-order valence-electron chi connectivity index (χ2n) is 9.43. The van der Waals surface area contributed by atoms with E-state index in [9.17, 15) is 0 Å². The first-order chi connectivity index (χ1) is 15.9. The van der Waals surface area contributed by atoms with Crippen molar-refractivity contribution >= 4 is 0 Å². The van der Waals surface area contributed by atoms with Crippen LogP contribution in [0.15, 0.2) is 18.2 Å². The molecule has 0 amide bonds. The van der Waals surface area contributed by atoms with E-state index in [1.165, 1.54) is 116 Å². The van der Waals surface area contributed by atoms with Crippen LogP contribution in [0.25, 0.3) is 0 Å². The summed E-state index contributed by atoms with van der Waals surface area (Å²) >= 11 is 0. The number of benzene rings is 1. The molecule has 32 heavy (non-hydrogen) atoms. The summed E-state index contributed by atoms with van der Waals surface area (Å²) in [6, 6.07) is 8.96. The third-order valence-electron chi connectivity index (χ3n) is 6.30. The van der Waals surface area contributed by atoms with Crippen molar-refractivity contribution in [2.75, 3.05) is 13.2 Å². The molecule has 0 aliphatic carbocycles. The lowest BCUT2D eigenvalue weighted by molar-refractivity contribution is 0.258. The van der Waals surface area contributed by atoms with E-state index in [0.29, 0.717) is 0 Å². The Bertz CT molecular complexity index is 454. The molecule has 2 nitrogen and oxygen atoms in total. The minimum absolute atomic E-state index is 0.781. The molecule has 0 heterocycles. The van der Waals surface area contributed by atoms with Crippen LogP contribution in [0.5, 0.6) is 11.5 Å². The Hall–Kier alpha value is -1.18. The fourth-order valence-electron chi connectivity index (χ4n) is 4.18. The van der Waals surface area contributed by atoms with Gasteiger partial charge in [-0.2, -0.15) is 0 Å². The van der Waals surface area contributed by atoms with Crippen LogP contribution < -0.4 is 9.47 Å². The lowest BCUT2D eigenvalue weighted by Gasteiger charge is -2.12. The summed E-state index contributed by atoms with van der Waals surface area (Å²) in [6.07, 6.45) is 27.0. The molecule has 0 saturated carbocycles. The van der Waals surface area contributed by atoms with E-state index >= 15 is 0 Å². The van der Waals surface area contributed by atoms with Crippen molar-refractivity contribution < 1.29 is 9.47 Å². The molecule has 1 aromatic carbocycles. The van der Waals surface area contributed by atoms with E-state index in [4.69, 9.17) is 9.47 Å². The zero-order valence-electron chi connectivity index (χ0n) is 21.6. The molecule has 0 aliphatic heterocycles. The average molecular weight is 446 g/mol. The SMILES string of the molecule is CCCCCCCCCCCCOc1c[c]ccc1OCCCCCCCCCCCC. The van der Waals surface area contributed by atoms with Gasteiger partial charge in [0.1, 0.15) is 0 Å². The van der Waals surface area contributed by atoms with Gasteiger partial charge >= 0.3 is 0 Å². The Balaban J connectivity index is 1.99. The van der Waals surface area contributed by atoms with Gasteiger partial charge in [0.05, 0.1) is 13.2 Å². The van der Waals surface area contributed by atoms with Crippen LogP contribution >= 0.6 is 0 Å². The molecule has 0 aliphatic rings. The Kier molecular flexibility index (Phi) is 20.7. The first-order valence-electron chi connectivity index (χ1n) is 14.1. The largest absolute Gasteiger partial charge is 0.490 e. The van der Waals surface area contributed by atoms with Gasteiger partial charge in [-0.25, -0.2) is 0 Å². The minimum atomic E-state index is 0.781. The lowest BCUT2D eigenvalue weighted by atomic mass is 10.1. The summed E-state index contributed by atoms with van der Waals surface area (Å²) in [4.78, 5) is 0. The van der Waals surface area contributed by atoms with Crippen molar-refractivity contribution in [3.8, 4) is 11.5 Å². The summed E-state index contributed by atoms with van der Waals surface area (Å²) < 4.78 is 12.0. The smallest absolute Gasteiger partial charge is 0.161 e. The van der Waals surface area contributed by atoms with E-state index in [-0.39, 0.29) is 0 Å². The maximum Gasteiger partial charge on any atom is 0.161 e. The quantitative estimate of drug-likeness (QED) is 0.147. The van der Waals surface area contributed by atoms with Crippen molar-refractivity contribution in [3.63, 3.8) is 0 Å². The van der Waals surface area contributed by atoms with Crippen molar-refractivity contribution in [1.29, 1.82) is 0 Å². The normalized spacial score (nSPS) is 11.1. The highest BCUT2D eigenvalue weighted by Gasteiger charge is 2.04. The van der Waals surface area contributed by atoms with Gasteiger partial charge < -0.3 is 9.47 Å². The molecule has 1 aromatic rings. The van der Waals surface area contributed by atoms with Gasteiger partial charge in [-0.3, -0.25) is 0 Å². The maximum absolute atomic E-state index is 6.01. The first kappa shape index (κ1) is 28.9. The second kappa shape index (κ2) is 23.0. The number of rotatable bonds is 24. The molecule has 0 saturated heterocycles. The molecule has 0 fully saturated rings. The van der Waals surface area contributed by atoms with Gasteiger partial charge in [0, 0.05) is 0 Å². The van der Waals surface area contributed by atoms with Crippen LogP contribution in [0.2, 0.25) is 0 Å². The third-order valence-corrected chi connectivity index (χ3v) is 6.30. The van der Waals surface area contributed by atoms with Crippen LogP contribution in [0.1, 0.15) is 142 Å². The Morgan fingerprint density at radius 2 is 0.875 bits per heavy atom. The highest BCUT2D eigenvalue weighted by Crippen LogP contribution is 2.27. The Morgan fingerprint density at radius 3 is 1.31 bits per heavy atom. The maximum atomic E-state index is 6.01. The van der Waals surface area contributed by atoms with Crippen LogP contribution in [-0.4, -0.2) is 13.2 Å². The van der Waals surface area contributed by atoms with Gasteiger partial charge in [0.25, 0.3) is 0 Å². The molecule has 1 radical (unpaired) electrons. The molecule has 2 heteroatoms. The van der Waals surface area contributed by atoms with Gasteiger partial charge in [-0.1, -0.05) is 135 Å². The summed E-state index contributed by atoms with van der Waals surface area (Å²) in [5, 5.41) is 0. The van der Waals surface area contributed by atoms with Gasteiger partial charge in [-0.05, 0) is 31.0 Å². The molecule has 1 rings (SSSR count). The third kappa shape index (κ3) is 17.4. The molecular formula is C30H53O2. The molecule has 0 aromatic heterocycles. The van der Waals surface area contributed by atoms with Crippen molar-refractivity contribution in [1.82, 2.24) is 0 Å². The molecule has 185 valence electrons. The lowest BCUT2D eigenvalue weighted by Crippen LogP contribution is -2.02. The van der Waals surface area contributed by atoms with Crippen molar-refractivity contribution in [2.24, 2.45) is 0 Å². The summed E-state index contributed by atoms with van der Waals surface area (Å²) in [6.45, 7) is 6.13. The summed E-state index contributed by atoms with van der Waals surface area (Å²) in [5.74, 6) is 1.74.